The van der Waals surface area contributed by atoms with E-state index < -0.39 is 0 Å². The maximum absolute atomic E-state index is 6.55. The van der Waals surface area contributed by atoms with Gasteiger partial charge in [0.15, 0.2) is 0 Å². The Morgan fingerprint density at radius 2 is 1.42 bits per heavy atom. The largest absolute Gasteiger partial charge is 0.461 e. The molecule has 6 aromatic rings. The van der Waals surface area contributed by atoms with E-state index in [-0.39, 0.29) is 17.9 Å². The number of rotatable bonds is 5. The highest BCUT2D eigenvalue weighted by molar-refractivity contribution is 7.27. The van der Waals surface area contributed by atoms with Crippen LogP contribution in [0.3, 0.4) is 0 Å². The third kappa shape index (κ3) is 4.57. The van der Waals surface area contributed by atoms with Crippen molar-refractivity contribution in [3.63, 3.8) is 0 Å². The van der Waals surface area contributed by atoms with Gasteiger partial charge in [-0.25, -0.2) is 0 Å². The number of hydrogen-bond acceptors (Lipinski definition) is 4. The maximum Gasteiger partial charge on any atom is 0.130 e. The lowest BCUT2D eigenvalue weighted by atomic mass is 9.81. The maximum atomic E-state index is 6.55. The SMILES string of the molecule is C1=CC(N(C2=CCC(C3=C4Oc5ccccc5C4CC=C3)C=C2)c2cccc3c2sc2c(-c4ccccc4)cccc23)C2C(=C1)Oc1ccccc12. The van der Waals surface area contributed by atoms with Gasteiger partial charge in [0.05, 0.1) is 22.3 Å². The first-order valence-electron chi connectivity index (χ1n) is 18.3. The predicted molar refractivity (Wildman–Crippen MR) is 214 cm³/mol. The van der Waals surface area contributed by atoms with E-state index in [1.54, 1.807) is 0 Å². The number of benzene rings is 5. The van der Waals surface area contributed by atoms with Crippen LogP contribution >= 0.6 is 11.3 Å². The summed E-state index contributed by atoms with van der Waals surface area (Å²) in [6.45, 7) is 0. The van der Waals surface area contributed by atoms with E-state index in [2.05, 4.69) is 169 Å². The first-order valence-corrected chi connectivity index (χ1v) is 19.1. The second kappa shape index (κ2) is 11.9. The molecule has 3 nitrogen and oxygen atoms in total. The highest BCUT2D eigenvalue weighted by Gasteiger charge is 2.41. The summed E-state index contributed by atoms with van der Waals surface area (Å²) in [7, 11) is 0. The van der Waals surface area contributed by atoms with Gasteiger partial charge in [0.2, 0.25) is 0 Å². The zero-order chi connectivity index (χ0) is 34.2. The summed E-state index contributed by atoms with van der Waals surface area (Å²) in [5.41, 5.74) is 8.80. The van der Waals surface area contributed by atoms with E-state index >= 15 is 0 Å². The molecule has 0 saturated heterocycles. The van der Waals surface area contributed by atoms with Gasteiger partial charge in [0.25, 0.3) is 0 Å². The molecule has 4 unspecified atom stereocenters. The van der Waals surface area contributed by atoms with Gasteiger partial charge in [-0.15, -0.1) is 11.3 Å². The Kier molecular flexibility index (Phi) is 6.81. The van der Waals surface area contributed by atoms with E-state index in [4.69, 9.17) is 9.47 Å². The predicted octanol–water partition coefficient (Wildman–Crippen LogP) is 12.4. The first kappa shape index (κ1) is 29.8. The van der Waals surface area contributed by atoms with Crippen molar-refractivity contribution in [3.8, 4) is 22.6 Å². The van der Waals surface area contributed by atoms with Crippen molar-refractivity contribution in [2.75, 3.05) is 4.90 Å². The van der Waals surface area contributed by atoms with Crippen molar-refractivity contribution < 1.29 is 9.47 Å². The lowest BCUT2D eigenvalue weighted by Gasteiger charge is -2.39. The van der Waals surface area contributed by atoms with Gasteiger partial charge in [-0.3, -0.25) is 0 Å². The third-order valence-corrected chi connectivity index (χ3v) is 12.7. The molecule has 1 aromatic heterocycles. The number of nitrogens with zero attached hydrogens (tertiary/aromatic N) is 1. The molecular weight excluding hydrogens is 655 g/mol. The Bertz CT molecular complexity index is 2620. The molecule has 0 fully saturated rings. The first-order chi connectivity index (χ1) is 25.8. The number of ether oxygens (including phenoxy) is 2. The molecule has 2 aliphatic heterocycles. The van der Waals surface area contributed by atoms with Crippen LogP contribution in [0, 0.1) is 5.92 Å². The monoisotopic (exact) mass is 689 g/mol. The van der Waals surface area contributed by atoms with E-state index in [0.717, 1.165) is 35.9 Å². The molecule has 5 aromatic carbocycles. The van der Waals surface area contributed by atoms with Crippen LogP contribution < -0.4 is 14.4 Å². The molecule has 0 N–H and O–H groups in total. The molecule has 0 bridgehead atoms. The number of para-hydroxylation sites is 2. The molecule has 0 amide bonds. The minimum Gasteiger partial charge on any atom is -0.461 e. The number of hydrogen-bond donors (Lipinski definition) is 0. The average Bonchev–Trinajstić information content (AvgIpc) is 3.91. The van der Waals surface area contributed by atoms with Gasteiger partial charge in [-0.1, -0.05) is 134 Å². The van der Waals surface area contributed by atoms with Crippen LogP contribution in [-0.4, -0.2) is 6.04 Å². The molecule has 250 valence electrons. The third-order valence-electron chi connectivity index (χ3n) is 11.4. The Balaban J connectivity index is 1.05. The fraction of sp³-hybridized carbons (Fsp3) is 0.125. The molecule has 11 rings (SSSR count). The van der Waals surface area contributed by atoms with E-state index in [1.807, 2.05) is 11.3 Å². The fourth-order valence-corrected chi connectivity index (χ4v) is 10.4. The number of thiophene rings is 1. The normalized spacial score (nSPS) is 22.3. The van der Waals surface area contributed by atoms with Gasteiger partial charge < -0.3 is 14.4 Å². The summed E-state index contributed by atoms with van der Waals surface area (Å²) in [5.74, 6) is 4.72. The van der Waals surface area contributed by atoms with Gasteiger partial charge in [-0.2, -0.15) is 0 Å². The molecule has 52 heavy (non-hydrogen) atoms. The zero-order valence-electron chi connectivity index (χ0n) is 28.5. The van der Waals surface area contributed by atoms with Crippen LogP contribution in [0.1, 0.15) is 35.8 Å². The van der Waals surface area contributed by atoms with Crippen LogP contribution in [0.15, 0.2) is 187 Å². The summed E-state index contributed by atoms with van der Waals surface area (Å²) in [6, 6.07) is 41.4. The van der Waals surface area contributed by atoms with Crippen LogP contribution in [-0.2, 0) is 0 Å². The Morgan fingerprint density at radius 3 is 2.27 bits per heavy atom. The van der Waals surface area contributed by atoms with Crippen molar-refractivity contribution in [1.82, 2.24) is 0 Å². The van der Waals surface area contributed by atoms with E-state index in [1.165, 1.54) is 59.4 Å². The quantitative estimate of drug-likeness (QED) is 0.180. The van der Waals surface area contributed by atoms with Gasteiger partial charge in [0.1, 0.15) is 23.0 Å². The second-order valence-corrected chi connectivity index (χ2v) is 15.2. The lowest BCUT2D eigenvalue weighted by Crippen LogP contribution is -2.39. The van der Waals surface area contributed by atoms with Crippen molar-refractivity contribution in [2.24, 2.45) is 5.92 Å². The Hall–Kier alpha value is -5.84. The summed E-state index contributed by atoms with van der Waals surface area (Å²) in [5, 5.41) is 2.59. The fourth-order valence-electron chi connectivity index (χ4n) is 9.01. The Labute approximate surface area is 307 Å². The molecule has 0 radical (unpaired) electrons. The number of anilines is 1. The average molecular weight is 690 g/mol. The highest BCUT2D eigenvalue weighted by atomic mass is 32.1. The minimum atomic E-state index is 0.0224. The molecule has 4 heteroatoms. The van der Waals surface area contributed by atoms with Gasteiger partial charge >= 0.3 is 0 Å². The standard InChI is InChI=1S/C48H35NO2S/c1-2-12-30(13-3-1)34-17-9-19-37-38-20-10-22-41(48(38)52-47(34)37)49(40-21-11-25-44-45(40)39-15-5-7-24-43(39)50-44)32-28-26-31(27-29-32)33-16-8-18-36-35-14-4-6-23-42(35)51-46(33)36/h1-17,19-26,28-29,31,36,40,45H,18,27H2. The van der Waals surface area contributed by atoms with Crippen molar-refractivity contribution in [2.45, 2.75) is 30.7 Å². The molecule has 0 saturated carbocycles. The van der Waals surface area contributed by atoms with Crippen LogP contribution in [0.25, 0.3) is 31.3 Å². The van der Waals surface area contributed by atoms with Crippen molar-refractivity contribution >= 4 is 37.2 Å². The van der Waals surface area contributed by atoms with Gasteiger partial charge in [-0.05, 0) is 59.9 Å². The van der Waals surface area contributed by atoms with Crippen molar-refractivity contribution in [1.29, 1.82) is 0 Å². The van der Waals surface area contributed by atoms with Gasteiger partial charge in [0, 0.05) is 44.1 Å². The smallest absolute Gasteiger partial charge is 0.130 e. The van der Waals surface area contributed by atoms with Crippen LogP contribution in [0.2, 0.25) is 0 Å². The molecular formula is C48H35NO2S. The van der Waals surface area contributed by atoms with Crippen LogP contribution in [0.4, 0.5) is 5.69 Å². The Morgan fingerprint density at radius 1 is 0.654 bits per heavy atom. The van der Waals surface area contributed by atoms with Crippen LogP contribution in [0.5, 0.6) is 11.5 Å². The minimum absolute atomic E-state index is 0.0224. The molecule has 5 aliphatic rings. The highest BCUT2D eigenvalue weighted by Crippen LogP contribution is 2.52. The topological polar surface area (TPSA) is 21.7 Å². The molecule has 0 spiro atoms. The summed E-state index contributed by atoms with van der Waals surface area (Å²) >= 11 is 1.91. The molecule has 4 atom stereocenters. The second-order valence-electron chi connectivity index (χ2n) is 14.2. The summed E-state index contributed by atoms with van der Waals surface area (Å²) < 4.78 is 15.7. The molecule has 3 heterocycles. The molecule has 3 aliphatic carbocycles. The van der Waals surface area contributed by atoms with Crippen molar-refractivity contribution in [3.05, 3.63) is 198 Å². The number of fused-ring (bicyclic) bond motifs is 9. The van der Waals surface area contributed by atoms with E-state index in [9.17, 15) is 0 Å². The lowest BCUT2D eigenvalue weighted by molar-refractivity contribution is 0.411. The number of allylic oxidation sites excluding steroid dienone is 9. The zero-order valence-corrected chi connectivity index (χ0v) is 29.3. The van der Waals surface area contributed by atoms with E-state index in [0.29, 0.717) is 5.92 Å². The summed E-state index contributed by atoms with van der Waals surface area (Å²) in [6.07, 6.45) is 20.4. The summed E-state index contributed by atoms with van der Waals surface area (Å²) in [4.78, 5) is 2.59.